The minimum absolute atomic E-state index is 0.0271. The molecule has 2 heterocycles. The number of primary amides is 1. The summed E-state index contributed by atoms with van der Waals surface area (Å²) < 4.78 is 5.39. The molecular weight excluding hydrogens is 414 g/mol. The van der Waals surface area contributed by atoms with E-state index in [1.807, 2.05) is 17.0 Å². The van der Waals surface area contributed by atoms with Gasteiger partial charge in [0.05, 0.1) is 13.2 Å². The number of rotatable bonds is 3. The molecule has 5 rings (SSSR count). The molecule has 1 atom stereocenters. The molecule has 7 heteroatoms. The van der Waals surface area contributed by atoms with Crippen LogP contribution in [0, 0.1) is 5.92 Å². The lowest BCUT2D eigenvalue weighted by Gasteiger charge is -2.32. The van der Waals surface area contributed by atoms with Crippen LogP contribution in [0.2, 0.25) is 5.15 Å². The third-order valence-corrected chi connectivity index (χ3v) is 6.86. The zero-order valence-corrected chi connectivity index (χ0v) is 18.0. The van der Waals surface area contributed by atoms with Gasteiger partial charge in [-0.1, -0.05) is 17.2 Å². The van der Waals surface area contributed by atoms with Gasteiger partial charge in [-0.25, -0.2) is 4.98 Å². The van der Waals surface area contributed by atoms with Gasteiger partial charge in [-0.2, -0.15) is 0 Å². The maximum absolute atomic E-state index is 13.1. The Morgan fingerprint density at radius 3 is 2.68 bits per heavy atom. The summed E-state index contributed by atoms with van der Waals surface area (Å²) in [7, 11) is 0. The number of hydrogen-bond donors (Lipinski definition) is 1. The van der Waals surface area contributed by atoms with Crippen molar-refractivity contribution in [3.8, 4) is 11.1 Å². The summed E-state index contributed by atoms with van der Waals surface area (Å²) in [5.41, 5.74) is 12.6. The van der Waals surface area contributed by atoms with Crippen molar-refractivity contribution in [2.45, 2.75) is 25.7 Å². The van der Waals surface area contributed by atoms with Crippen LogP contribution in [-0.4, -0.2) is 48.0 Å². The highest BCUT2D eigenvalue weighted by atomic mass is 35.5. The quantitative estimate of drug-likeness (QED) is 0.745. The highest BCUT2D eigenvalue weighted by Gasteiger charge is 2.35. The van der Waals surface area contributed by atoms with Crippen LogP contribution in [0.15, 0.2) is 36.0 Å². The number of carbonyl (C=O) groups is 2. The van der Waals surface area contributed by atoms with E-state index in [0.29, 0.717) is 43.4 Å². The van der Waals surface area contributed by atoms with Crippen molar-refractivity contribution in [3.05, 3.63) is 57.9 Å². The number of hydrogen-bond acceptors (Lipinski definition) is 4. The Balaban J connectivity index is 1.49. The Kier molecular flexibility index (Phi) is 5.28. The van der Waals surface area contributed by atoms with Crippen molar-refractivity contribution in [2.24, 2.45) is 11.7 Å². The van der Waals surface area contributed by atoms with Crippen LogP contribution in [-0.2, 0) is 16.0 Å². The van der Waals surface area contributed by atoms with Crippen LogP contribution in [0.4, 0.5) is 0 Å². The number of aromatic nitrogens is 1. The summed E-state index contributed by atoms with van der Waals surface area (Å²) >= 11 is 5.94. The summed E-state index contributed by atoms with van der Waals surface area (Å²) in [5.74, 6) is -0.238. The number of pyridine rings is 1. The zero-order valence-electron chi connectivity index (χ0n) is 17.2. The number of nitrogens with two attached hydrogens (primary N) is 1. The number of allylic oxidation sites excluding steroid dienone is 2. The Bertz CT molecular complexity index is 1090. The third-order valence-electron chi connectivity index (χ3n) is 6.64. The van der Waals surface area contributed by atoms with Crippen LogP contribution in [0.3, 0.4) is 0 Å². The Labute approximate surface area is 186 Å². The predicted octanol–water partition coefficient (Wildman–Crippen LogP) is 3.47. The van der Waals surface area contributed by atoms with E-state index in [2.05, 4.69) is 11.1 Å². The van der Waals surface area contributed by atoms with E-state index in [1.165, 1.54) is 11.1 Å². The first-order chi connectivity index (χ1) is 15.0. The van der Waals surface area contributed by atoms with Crippen LogP contribution >= 0.6 is 11.6 Å². The number of carbonyl (C=O) groups excluding carboxylic acids is 2. The van der Waals surface area contributed by atoms with E-state index in [1.54, 1.807) is 12.3 Å². The molecule has 1 aliphatic heterocycles. The molecule has 31 heavy (non-hydrogen) atoms. The molecule has 2 aromatic rings. The van der Waals surface area contributed by atoms with Gasteiger partial charge in [-0.15, -0.1) is 0 Å². The first-order valence-electron chi connectivity index (χ1n) is 10.7. The second-order valence-electron chi connectivity index (χ2n) is 8.42. The van der Waals surface area contributed by atoms with Gasteiger partial charge in [-0.05, 0) is 72.2 Å². The molecule has 1 aromatic heterocycles. The normalized spacial score (nSPS) is 20.4. The number of nitrogens with zero attached hydrogens (tertiary/aromatic N) is 2. The molecule has 2 aliphatic carbocycles. The van der Waals surface area contributed by atoms with Crippen molar-refractivity contribution in [3.63, 3.8) is 0 Å². The van der Waals surface area contributed by atoms with Gasteiger partial charge in [0, 0.05) is 36.3 Å². The highest BCUT2D eigenvalue weighted by molar-refractivity contribution is 6.29. The number of benzene rings is 1. The lowest BCUT2D eigenvalue weighted by atomic mass is 9.82. The standard InChI is InChI=1S/C24H24ClN3O3/c25-22-4-3-16(13-27-22)17-11-19-18-10-15(24(30)28-5-7-31-8-6-28)2-1-14(18)9-20(19)21(12-17)23(26)29/h3-4,11-13,15H,1-2,5-10H2,(H2,26,29). The summed E-state index contributed by atoms with van der Waals surface area (Å²) in [6.07, 6.45) is 4.87. The first kappa shape index (κ1) is 20.2. The SMILES string of the molecule is NC(=O)c1cc(-c2ccc(Cl)nc2)cc2c1CC1=C2CC(C(=O)N2CCOCC2)CC1. The lowest BCUT2D eigenvalue weighted by molar-refractivity contribution is -0.139. The van der Waals surface area contributed by atoms with Gasteiger partial charge >= 0.3 is 0 Å². The molecule has 0 bridgehead atoms. The van der Waals surface area contributed by atoms with Crippen molar-refractivity contribution < 1.29 is 14.3 Å². The van der Waals surface area contributed by atoms with Crippen LogP contribution in [0.1, 0.15) is 40.7 Å². The molecular formula is C24H24ClN3O3. The van der Waals surface area contributed by atoms with Gasteiger partial charge in [0.25, 0.3) is 0 Å². The lowest BCUT2D eigenvalue weighted by Crippen LogP contribution is -2.44. The summed E-state index contributed by atoms with van der Waals surface area (Å²) in [6, 6.07) is 7.58. The number of morpholine rings is 1. The average Bonchev–Trinajstić information content (AvgIpc) is 3.16. The van der Waals surface area contributed by atoms with Crippen molar-refractivity contribution in [1.82, 2.24) is 9.88 Å². The molecule has 1 unspecified atom stereocenters. The molecule has 160 valence electrons. The van der Waals surface area contributed by atoms with Crippen LogP contribution < -0.4 is 5.73 Å². The topological polar surface area (TPSA) is 85.5 Å². The largest absolute Gasteiger partial charge is 0.378 e. The molecule has 2 amide bonds. The van der Waals surface area contributed by atoms with Crippen molar-refractivity contribution in [2.75, 3.05) is 26.3 Å². The summed E-state index contributed by atoms with van der Waals surface area (Å²) in [5, 5.41) is 0.418. The number of amides is 2. The smallest absolute Gasteiger partial charge is 0.249 e. The van der Waals surface area contributed by atoms with E-state index >= 15 is 0 Å². The summed E-state index contributed by atoms with van der Waals surface area (Å²) in [6.45, 7) is 2.54. The highest BCUT2D eigenvalue weighted by Crippen LogP contribution is 2.46. The molecule has 2 N–H and O–H groups in total. The van der Waals surface area contributed by atoms with Crippen LogP contribution in [0.5, 0.6) is 0 Å². The molecule has 6 nitrogen and oxygen atoms in total. The van der Waals surface area contributed by atoms with E-state index < -0.39 is 5.91 Å². The maximum atomic E-state index is 13.1. The molecule has 0 radical (unpaired) electrons. The Morgan fingerprint density at radius 2 is 1.97 bits per heavy atom. The third kappa shape index (κ3) is 3.75. The van der Waals surface area contributed by atoms with E-state index in [9.17, 15) is 9.59 Å². The van der Waals surface area contributed by atoms with Crippen molar-refractivity contribution >= 4 is 29.0 Å². The van der Waals surface area contributed by atoms with E-state index in [-0.39, 0.29) is 11.8 Å². The van der Waals surface area contributed by atoms with Crippen LogP contribution in [0.25, 0.3) is 16.7 Å². The number of halogens is 1. The number of ether oxygens (including phenoxy) is 1. The fraction of sp³-hybridized carbons (Fsp3) is 0.375. The monoisotopic (exact) mass is 437 g/mol. The van der Waals surface area contributed by atoms with Gasteiger partial charge in [0.1, 0.15) is 5.15 Å². The molecule has 1 saturated heterocycles. The molecule has 0 spiro atoms. The molecule has 3 aliphatic rings. The second-order valence-corrected chi connectivity index (χ2v) is 8.81. The fourth-order valence-corrected chi connectivity index (χ4v) is 5.13. The number of fused-ring (bicyclic) bond motifs is 2. The Morgan fingerprint density at radius 1 is 1.16 bits per heavy atom. The van der Waals surface area contributed by atoms with Crippen molar-refractivity contribution in [1.29, 1.82) is 0 Å². The second kappa shape index (κ2) is 8.09. The van der Waals surface area contributed by atoms with Gasteiger partial charge in [0.15, 0.2) is 0 Å². The average molecular weight is 438 g/mol. The Hall–Kier alpha value is -2.70. The molecule has 1 aromatic carbocycles. The van der Waals surface area contributed by atoms with E-state index in [0.717, 1.165) is 41.5 Å². The zero-order chi connectivity index (χ0) is 21.5. The maximum Gasteiger partial charge on any atom is 0.249 e. The molecule has 1 fully saturated rings. The fourth-order valence-electron chi connectivity index (χ4n) is 5.02. The minimum Gasteiger partial charge on any atom is -0.378 e. The first-order valence-corrected chi connectivity index (χ1v) is 11.1. The minimum atomic E-state index is -0.430. The predicted molar refractivity (Wildman–Crippen MR) is 119 cm³/mol. The van der Waals surface area contributed by atoms with E-state index in [4.69, 9.17) is 22.1 Å². The molecule has 0 saturated carbocycles. The van der Waals surface area contributed by atoms with Gasteiger partial charge in [0.2, 0.25) is 11.8 Å². The summed E-state index contributed by atoms with van der Waals surface area (Å²) in [4.78, 5) is 31.5. The van der Waals surface area contributed by atoms with Gasteiger partial charge in [-0.3, -0.25) is 9.59 Å². The van der Waals surface area contributed by atoms with Gasteiger partial charge < -0.3 is 15.4 Å².